The highest BCUT2D eigenvalue weighted by atomic mass is 35.5. The minimum absolute atomic E-state index is 0.0779. The Bertz CT molecular complexity index is 581. The number of imidazole rings is 1. The lowest BCUT2D eigenvalue weighted by atomic mass is 10.4. The van der Waals surface area contributed by atoms with Crippen molar-refractivity contribution in [2.24, 2.45) is 0 Å². The number of anilines is 1. The van der Waals surface area contributed by atoms with Crippen LogP contribution in [0.3, 0.4) is 0 Å². The summed E-state index contributed by atoms with van der Waals surface area (Å²) in [7, 11) is 0. The third kappa shape index (κ3) is 3.33. The van der Waals surface area contributed by atoms with E-state index in [1.165, 1.54) is 6.20 Å². The first-order valence-electron chi connectivity index (χ1n) is 5.78. The topological polar surface area (TPSA) is 85.0 Å². The van der Waals surface area contributed by atoms with Crippen molar-refractivity contribution in [3.8, 4) is 0 Å². The second kappa shape index (κ2) is 6.35. The number of hydrogen-bond acceptors (Lipinski definition) is 5. The number of halogens is 1. The lowest BCUT2D eigenvalue weighted by Crippen LogP contribution is -2.26. The van der Waals surface area contributed by atoms with Crippen LogP contribution in [0.4, 0.5) is 5.69 Å². The van der Waals surface area contributed by atoms with Gasteiger partial charge >= 0.3 is 0 Å². The number of nitrogens with zero attached hydrogens (tertiary/aromatic N) is 4. The van der Waals surface area contributed by atoms with Crippen molar-refractivity contribution in [1.29, 1.82) is 0 Å². The van der Waals surface area contributed by atoms with E-state index < -0.39 is 5.56 Å². The molecule has 0 bridgehead atoms. The summed E-state index contributed by atoms with van der Waals surface area (Å²) >= 11 is 5.96. The van der Waals surface area contributed by atoms with Crippen molar-refractivity contribution in [3.05, 3.63) is 40.3 Å². The third-order valence-electron chi connectivity index (χ3n) is 2.54. The molecule has 2 heterocycles. The van der Waals surface area contributed by atoms with E-state index in [-0.39, 0.29) is 18.2 Å². The lowest BCUT2D eigenvalue weighted by molar-refractivity contribution is 0.266. The van der Waals surface area contributed by atoms with Crippen LogP contribution in [-0.2, 0) is 13.1 Å². The minimum Gasteiger partial charge on any atom is -0.394 e. The molecular weight excluding hydrogens is 270 g/mol. The van der Waals surface area contributed by atoms with E-state index in [0.29, 0.717) is 18.8 Å². The molecule has 0 saturated heterocycles. The molecule has 0 aromatic carbocycles. The Morgan fingerprint density at radius 1 is 1.42 bits per heavy atom. The molecule has 2 aromatic heterocycles. The number of aliphatic hydroxyl groups is 1. The lowest BCUT2D eigenvalue weighted by Gasteiger charge is -2.09. The van der Waals surface area contributed by atoms with Crippen LogP contribution in [0.25, 0.3) is 0 Å². The Hall–Kier alpha value is -1.86. The van der Waals surface area contributed by atoms with Gasteiger partial charge in [0.05, 0.1) is 31.4 Å². The van der Waals surface area contributed by atoms with Crippen LogP contribution in [0.1, 0.15) is 0 Å². The zero-order valence-corrected chi connectivity index (χ0v) is 10.9. The second-order valence-corrected chi connectivity index (χ2v) is 4.23. The molecule has 0 amide bonds. The van der Waals surface area contributed by atoms with Gasteiger partial charge in [0.15, 0.2) is 0 Å². The smallest absolute Gasteiger partial charge is 0.287 e. The molecule has 0 fully saturated rings. The van der Waals surface area contributed by atoms with E-state index in [1.54, 1.807) is 12.5 Å². The van der Waals surface area contributed by atoms with Crippen LogP contribution >= 0.6 is 11.6 Å². The molecule has 19 heavy (non-hydrogen) atoms. The zero-order chi connectivity index (χ0) is 13.7. The Kier molecular flexibility index (Phi) is 4.53. The molecule has 2 N–H and O–H groups in total. The normalized spacial score (nSPS) is 10.6. The highest BCUT2D eigenvalue weighted by Crippen LogP contribution is 2.14. The molecule has 0 radical (unpaired) electrons. The van der Waals surface area contributed by atoms with Crippen LogP contribution in [0.5, 0.6) is 0 Å². The maximum Gasteiger partial charge on any atom is 0.287 e. The molecule has 0 unspecified atom stereocenters. The Morgan fingerprint density at radius 3 is 2.95 bits per heavy atom. The fourth-order valence-corrected chi connectivity index (χ4v) is 1.79. The largest absolute Gasteiger partial charge is 0.394 e. The van der Waals surface area contributed by atoms with E-state index in [9.17, 15) is 4.79 Å². The Balaban J connectivity index is 2.01. The summed E-state index contributed by atoms with van der Waals surface area (Å²) in [6, 6.07) is 0. The van der Waals surface area contributed by atoms with E-state index >= 15 is 0 Å². The molecule has 0 aliphatic heterocycles. The zero-order valence-electron chi connectivity index (χ0n) is 10.2. The van der Waals surface area contributed by atoms with Crippen molar-refractivity contribution in [1.82, 2.24) is 19.3 Å². The highest BCUT2D eigenvalue weighted by Gasteiger charge is 2.08. The second-order valence-electron chi connectivity index (χ2n) is 3.85. The summed E-state index contributed by atoms with van der Waals surface area (Å²) < 4.78 is 3.03. The first-order valence-corrected chi connectivity index (χ1v) is 6.16. The predicted octanol–water partition coefficient (Wildman–Crippen LogP) is 0.198. The first kappa shape index (κ1) is 13.6. The summed E-state index contributed by atoms with van der Waals surface area (Å²) in [4.78, 5) is 15.7. The van der Waals surface area contributed by atoms with Gasteiger partial charge < -0.3 is 15.0 Å². The summed E-state index contributed by atoms with van der Waals surface area (Å²) in [6.07, 6.45) is 6.74. The molecule has 0 aliphatic carbocycles. The predicted molar refractivity (Wildman–Crippen MR) is 71.3 cm³/mol. The number of aliphatic hydroxyl groups excluding tert-OH is 1. The average Bonchev–Trinajstić information content (AvgIpc) is 2.91. The highest BCUT2D eigenvalue weighted by molar-refractivity contribution is 6.32. The summed E-state index contributed by atoms with van der Waals surface area (Å²) in [5, 5.41) is 15.8. The van der Waals surface area contributed by atoms with Crippen LogP contribution in [-0.4, -0.2) is 37.6 Å². The number of aromatic nitrogens is 4. The number of hydrogen-bond donors (Lipinski definition) is 2. The summed E-state index contributed by atoms with van der Waals surface area (Å²) in [6.45, 7) is 1.28. The molecule has 8 heteroatoms. The van der Waals surface area contributed by atoms with Gasteiger partial charge in [-0.2, -0.15) is 5.10 Å². The van der Waals surface area contributed by atoms with E-state index in [2.05, 4.69) is 15.4 Å². The van der Waals surface area contributed by atoms with Crippen LogP contribution in [0.15, 0.2) is 29.7 Å². The van der Waals surface area contributed by atoms with Crippen LogP contribution < -0.4 is 10.9 Å². The van der Waals surface area contributed by atoms with Gasteiger partial charge in [-0.3, -0.25) is 4.79 Å². The van der Waals surface area contributed by atoms with Crippen molar-refractivity contribution >= 4 is 17.3 Å². The molecule has 0 spiro atoms. The van der Waals surface area contributed by atoms with Crippen molar-refractivity contribution in [3.63, 3.8) is 0 Å². The maximum absolute atomic E-state index is 11.8. The molecule has 7 nitrogen and oxygen atoms in total. The number of rotatable bonds is 6. The molecule has 2 aromatic rings. The van der Waals surface area contributed by atoms with Gasteiger partial charge in [-0.05, 0) is 0 Å². The van der Waals surface area contributed by atoms with Crippen LogP contribution in [0, 0.1) is 0 Å². The Morgan fingerprint density at radius 2 is 2.26 bits per heavy atom. The molecule has 0 atom stereocenters. The number of nitrogens with one attached hydrogen (secondary N) is 1. The molecule has 0 saturated carbocycles. The molecule has 2 rings (SSSR count). The van der Waals surface area contributed by atoms with Crippen molar-refractivity contribution in [2.75, 3.05) is 18.5 Å². The molecule has 0 aliphatic rings. The van der Waals surface area contributed by atoms with E-state index in [0.717, 1.165) is 4.68 Å². The van der Waals surface area contributed by atoms with E-state index in [1.807, 2.05) is 10.8 Å². The fraction of sp³-hybridized carbons (Fsp3) is 0.364. The minimum atomic E-state index is -0.414. The SMILES string of the molecule is O=c1c(Cl)c(NCCn2ccnc2)cnn1CCO. The molecule has 102 valence electrons. The quantitative estimate of drug-likeness (QED) is 0.791. The average molecular weight is 284 g/mol. The van der Waals surface area contributed by atoms with Gasteiger partial charge in [-0.15, -0.1) is 0 Å². The maximum atomic E-state index is 11.8. The third-order valence-corrected chi connectivity index (χ3v) is 2.91. The monoisotopic (exact) mass is 283 g/mol. The van der Waals surface area contributed by atoms with Gasteiger partial charge in [0.25, 0.3) is 5.56 Å². The summed E-state index contributed by atoms with van der Waals surface area (Å²) in [5.41, 5.74) is 0.0734. The van der Waals surface area contributed by atoms with Gasteiger partial charge in [-0.25, -0.2) is 9.67 Å². The first-order chi connectivity index (χ1) is 9.22. The van der Waals surface area contributed by atoms with Gasteiger partial charge in [0.1, 0.15) is 5.02 Å². The Labute approximate surface area is 114 Å². The van der Waals surface area contributed by atoms with Gasteiger partial charge in [0, 0.05) is 25.5 Å². The fourth-order valence-electron chi connectivity index (χ4n) is 1.58. The van der Waals surface area contributed by atoms with Gasteiger partial charge in [0.2, 0.25) is 0 Å². The van der Waals surface area contributed by atoms with Gasteiger partial charge in [-0.1, -0.05) is 11.6 Å². The van der Waals surface area contributed by atoms with Crippen molar-refractivity contribution in [2.45, 2.75) is 13.1 Å². The van der Waals surface area contributed by atoms with E-state index in [4.69, 9.17) is 16.7 Å². The standard InChI is InChI=1S/C11H14ClN5O2/c12-10-9(7-15-17(5-6-18)11(10)19)14-2-4-16-3-1-13-8-16/h1,3,7-8,14,18H,2,4-6H2. The molecular formula is C11H14ClN5O2. The van der Waals surface area contributed by atoms with Crippen molar-refractivity contribution < 1.29 is 5.11 Å². The summed E-state index contributed by atoms with van der Waals surface area (Å²) in [5.74, 6) is 0. The van der Waals surface area contributed by atoms with Crippen LogP contribution in [0.2, 0.25) is 5.02 Å².